The van der Waals surface area contributed by atoms with Gasteiger partial charge in [-0.3, -0.25) is 14.9 Å². The highest BCUT2D eigenvalue weighted by Gasteiger charge is 2.25. The third-order valence-electron chi connectivity index (χ3n) is 6.30. The molecule has 0 spiro atoms. The molecule has 36 heavy (non-hydrogen) atoms. The van der Waals surface area contributed by atoms with E-state index < -0.39 is 4.92 Å². The second-order valence-electron chi connectivity index (χ2n) is 8.78. The lowest BCUT2D eigenvalue weighted by Crippen LogP contribution is -2.24. The van der Waals surface area contributed by atoms with Gasteiger partial charge in [0.15, 0.2) is 0 Å². The number of furan rings is 1. The van der Waals surface area contributed by atoms with Crippen LogP contribution in [0.5, 0.6) is 0 Å². The summed E-state index contributed by atoms with van der Waals surface area (Å²) >= 11 is 1.58. The highest BCUT2D eigenvalue weighted by atomic mass is 32.1. The van der Waals surface area contributed by atoms with Crippen LogP contribution in [0.15, 0.2) is 70.1 Å². The second-order valence-corrected chi connectivity index (χ2v) is 9.86. The highest BCUT2D eigenvalue weighted by molar-refractivity contribution is 7.16. The van der Waals surface area contributed by atoms with Gasteiger partial charge in [-0.2, -0.15) is 0 Å². The summed E-state index contributed by atoms with van der Waals surface area (Å²) in [5.74, 6) is 1.05. The molecule has 1 N–H and O–H groups in total. The average molecular weight is 500 g/mol. The number of hydrogen-bond donors (Lipinski definition) is 1. The van der Waals surface area contributed by atoms with Crippen molar-refractivity contribution in [2.75, 3.05) is 0 Å². The molecule has 0 fully saturated rings. The number of rotatable bonds is 7. The molecule has 1 amide bonds. The molecule has 0 saturated heterocycles. The molecule has 0 bridgehead atoms. The van der Waals surface area contributed by atoms with Gasteiger partial charge in [-0.25, -0.2) is 4.99 Å². The maximum Gasteiger partial charge on any atom is 0.269 e. The third kappa shape index (κ3) is 4.99. The number of nitrogens with zero attached hydrogens (tertiary/aromatic N) is 2. The molecule has 0 atom stereocenters. The Hall–Kier alpha value is -4.04. The van der Waals surface area contributed by atoms with Crippen molar-refractivity contribution in [2.24, 2.45) is 4.99 Å². The number of thiophene rings is 1. The number of nitrogens with one attached hydrogen (secondary N) is 1. The van der Waals surface area contributed by atoms with E-state index in [9.17, 15) is 14.9 Å². The minimum Gasteiger partial charge on any atom is -0.455 e. The number of nitro groups is 1. The van der Waals surface area contributed by atoms with E-state index >= 15 is 0 Å². The van der Waals surface area contributed by atoms with Gasteiger partial charge in [-0.05, 0) is 67.5 Å². The van der Waals surface area contributed by atoms with Crippen molar-refractivity contribution in [3.05, 3.63) is 104 Å². The number of carbonyl (C=O) groups is 1. The number of nitro benzene ring substituents is 1. The fourth-order valence-corrected chi connectivity index (χ4v) is 5.70. The number of fused-ring (bicyclic) bond motifs is 1. The van der Waals surface area contributed by atoms with Crippen LogP contribution in [0.4, 0.5) is 10.7 Å². The lowest BCUT2D eigenvalue weighted by molar-refractivity contribution is -0.384. The minimum atomic E-state index is -0.411. The Bertz CT molecular complexity index is 1450. The van der Waals surface area contributed by atoms with E-state index in [1.807, 2.05) is 49.4 Å². The van der Waals surface area contributed by atoms with Gasteiger partial charge in [0, 0.05) is 29.1 Å². The van der Waals surface area contributed by atoms with Crippen LogP contribution in [0.2, 0.25) is 0 Å². The number of aryl methyl sites for hydroxylation is 2. The van der Waals surface area contributed by atoms with Crippen molar-refractivity contribution in [3.8, 4) is 11.3 Å². The van der Waals surface area contributed by atoms with E-state index in [-0.39, 0.29) is 11.6 Å². The molecule has 2 heterocycles. The standard InChI is InChI=1S/C28H25N3O4S/c1-18-15-20(31(33)34)11-13-22(18)24-14-12-21(35-24)17-30-28-26(23-9-5-6-10-25(23)36-28)27(32)29-16-19-7-3-2-4-8-19/h2-4,7-8,11-15,17H,5-6,9-10,16H2,1H3,(H,29,32). The molecule has 0 unspecified atom stereocenters. The van der Waals surface area contributed by atoms with Crippen LogP contribution in [0.3, 0.4) is 0 Å². The first-order chi connectivity index (χ1) is 17.5. The Morgan fingerprint density at radius 3 is 2.72 bits per heavy atom. The number of carbonyl (C=O) groups excluding carboxylic acids is 1. The molecule has 0 aliphatic heterocycles. The molecule has 8 heteroatoms. The highest BCUT2D eigenvalue weighted by Crippen LogP contribution is 2.40. The number of benzene rings is 2. The monoisotopic (exact) mass is 499 g/mol. The zero-order chi connectivity index (χ0) is 25.1. The first-order valence-corrected chi connectivity index (χ1v) is 12.7. The fraction of sp³-hybridized carbons (Fsp3) is 0.214. The van der Waals surface area contributed by atoms with Crippen LogP contribution >= 0.6 is 11.3 Å². The predicted octanol–water partition coefficient (Wildman–Crippen LogP) is 6.78. The first kappa shape index (κ1) is 23.7. The van der Waals surface area contributed by atoms with Crippen molar-refractivity contribution in [2.45, 2.75) is 39.2 Å². The molecular formula is C28H25N3O4S. The lowest BCUT2D eigenvalue weighted by atomic mass is 9.95. The summed E-state index contributed by atoms with van der Waals surface area (Å²) in [6.07, 6.45) is 5.69. The summed E-state index contributed by atoms with van der Waals surface area (Å²) < 4.78 is 5.97. The molecule has 0 saturated carbocycles. The van der Waals surface area contributed by atoms with Crippen LogP contribution in [0.1, 0.15) is 50.5 Å². The van der Waals surface area contributed by atoms with E-state index in [0.29, 0.717) is 28.6 Å². The van der Waals surface area contributed by atoms with Crippen molar-refractivity contribution < 1.29 is 14.1 Å². The van der Waals surface area contributed by atoms with Gasteiger partial charge >= 0.3 is 0 Å². The minimum absolute atomic E-state index is 0.0457. The van der Waals surface area contributed by atoms with E-state index in [1.165, 1.54) is 17.0 Å². The number of aliphatic imine (C=N–C) groups is 1. The lowest BCUT2D eigenvalue weighted by Gasteiger charge is -2.12. The molecule has 5 rings (SSSR count). The molecule has 4 aromatic rings. The molecular weight excluding hydrogens is 474 g/mol. The molecule has 1 aliphatic carbocycles. The first-order valence-electron chi connectivity index (χ1n) is 11.9. The zero-order valence-corrected chi connectivity index (χ0v) is 20.6. The van der Waals surface area contributed by atoms with E-state index in [4.69, 9.17) is 4.42 Å². The molecule has 2 aromatic carbocycles. The average Bonchev–Trinajstić information content (AvgIpc) is 3.51. The van der Waals surface area contributed by atoms with Crippen molar-refractivity contribution >= 4 is 34.1 Å². The van der Waals surface area contributed by atoms with Crippen molar-refractivity contribution in [1.82, 2.24) is 5.32 Å². The van der Waals surface area contributed by atoms with Gasteiger partial charge in [0.2, 0.25) is 0 Å². The topological polar surface area (TPSA) is 97.7 Å². The van der Waals surface area contributed by atoms with Crippen molar-refractivity contribution in [3.63, 3.8) is 0 Å². The van der Waals surface area contributed by atoms with E-state index in [0.717, 1.165) is 47.9 Å². The van der Waals surface area contributed by atoms with Crippen LogP contribution in [-0.4, -0.2) is 17.0 Å². The third-order valence-corrected chi connectivity index (χ3v) is 7.50. The zero-order valence-electron chi connectivity index (χ0n) is 19.8. The predicted molar refractivity (Wildman–Crippen MR) is 141 cm³/mol. The number of non-ortho nitro benzene ring substituents is 1. The number of amides is 1. The van der Waals surface area contributed by atoms with Gasteiger partial charge in [-0.15, -0.1) is 11.3 Å². The molecule has 1 aliphatic rings. The largest absolute Gasteiger partial charge is 0.455 e. The molecule has 182 valence electrons. The summed E-state index contributed by atoms with van der Waals surface area (Å²) in [6, 6.07) is 18.2. The van der Waals surface area contributed by atoms with Crippen LogP contribution in [-0.2, 0) is 19.4 Å². The summed E-state index contributed by atoms with van der Waals surface area (Å²) in [6.45, 7) is 2.28. The quantitative estimate of drug-likeness (QED) is 0.172. The van der Waals surface area contributed by atoms with Gasteiger partial charge in [-0.1, -0.05) is 30.3 Å². The Morgan fingerprint density at radius 2 is 1.94 bits per heavy atom. The Balaban J connectivity index is 1.39. The van der Waals surface area contributed by atoms with Crippen LogP contribution in [0, 0.1) is 17.0 Å². The maximum atomic E-state index is 13.2. The SMILES string of the molecule is Cc1cc([N+](=O)[O-])ccc1-c1ccc(C=Nc2sc3c(c2C(=O)NCc2ccccc2)CCCC3)o1. The van der Waals surface area contributed by atoms with Gasteiger partial charge in [0.25, 0.3) is 11.6 Å². The van der Waals surface area contributed by atoms with Gasteiger partial charge in [0.05, 0.1) is 16.7 Å². The van der Waals surface area contributed by atoms with E-state index in [2.05, 4.69) is 10.3 Å². The van der Waals surface area contributed by atoms with Crippen molar-refractivity contribution in [1.29, 1.82) is 0 Å². The normalized spacial score (nSPS) is 13.0. The smallest absolute Gasteiger partial charge is 0.269 e. The molecule has 0 radical (unpaired) electrons. The Labute approximate surface area is 212 Å². The molecule has 7 nitrogen and oxygen atoms in total. The second kappa shape index (κ2) is 10.3. The van der Waals surface area contributed by atoms with Crippen LogP contribution < -0.4 is 5.32 Å². The summed E-state index contributed by atoms with van der Waals surface area (Å²) in [5, 5.41) is 14.8. The Kier molecular flexibility index (Phi) is 6.77. The number of hydrogen-bond acceptors (Lipinski definition) is 6. The fourth-order valence-electron chi connectivity index (χ4n) is 4.47. The maximum absolute atomic E-state index is 13.2. The Morgan fingerprint density at radius 1 is 1.14 bits per heavy atom. The van der Waals surface area contributed by atoms with Gasteiger partial charge in [0.1, 0.15) is 16.5 Å². The summed E-state index contributed by atoms with van der Waals surface area (Å²) in [4.78, 5) is 29.8. The summed E-state index contributed by atoms with van der Waals surface area (Å²) in [7, 11) is 0. The van der Waals surface area contributed by atoms with Gasteiger partial charge < -0.3 is 9.73 Å². The van der Waals surface area contributed by atoms with Crippen LogP contribution in [0.25, 0.3) is 11.3 Å². The van der Waals surface area contributed by atoms with E-state index in [1.54, 1.807) is 23.6 Å². The molecule has 2 aromatic heterocycles. The summed E-state index contributed by atoms with van der Waals surface area (Å²) in [5.41, 5.74) is 4.41.